The molecule has 2 aromatic heterocycles. The maximum absolute atomic E-state index is 12.5. The Bertz CT molecular complexity index is 820. The normalized spacial score (nSPS) is 14.3. The molecule has 0 aliphatic carbocycles. The van der Waals surface area contributed by atoms with Crippen LogP contribution in [-0.2, 0) is 24.3 Å². The van der Waals surface area contributed by atoms with Gasteiger partial charge in [-0.05, 0) is 35.6 Å². The first-order chi connectivity index (χ1) is 10.8. The monoisotopic (exact) mass is 311 g/mol. The van der Waals surface area contributed by atoms with Crippen molar-refractivity contribution in [1.29, 1.82) is 0 Å². The average molecular weight is 311 g/mol. The van der Waals surface area contributed by atoms with Crippen LogP contribution in [0.5, 0.6) is 0 Å². The van der Waals surface area contributed by atoms with Gasteiger partial charge in [-0.1, -0.05) is 12.1 Å². The Morgan fingerprint density at radius 1 is 1.27 bits per heavy atom. The molecule has 3 heterocycles. The molecule has 5 heteroatoms. The predicted octanol–water partition coefficient (Wildman–Crippen LogP) is 3.07. The molecule has 1 aromatic carbocycles. The van der Waals surface area contributed by atoms with E-state index in [1.807, 2.05) is 35.5 Å². The third-order valence-electron chi connectivity index (χ3n) is 4.25. The van der Waals surface area contributed by atoms with Crippen LogP contribution in [0.1, 0.15) is 16.9 Å². The summed E-state index contributed by atoms with van der Waals surface area (Å²) in [5, 5.41) is 2.12. The van der Waals surface area contributed by atoms with Crippen LogP contribution < -0.4 is 0 Å². The summed E-state index contributed by atoms with van der Waals surface area (Å²) in [6.07, 6.45) is 3.34. The Hall–Kier alpha value is -2.14. The highest BCUT2D eigenvalue weighted by atomic mass is 32.1. The number of aromatic nitrogens is 2. The molecule has 1 aliphatic rings. The second-order valence-electron chi connectivity index (χ2n) is 5.61. The van der Waals surface area contributed by atoms with Crippen LogP contribution in [0.3, 0.4) is 0 Å². The third-order valence-corrected chi connectivity index (χ3v) is 5.28. The van der Waals surface area contributed by atoms with Gasteiger partial charge in [0.1, 0.15) is 0 Å². The Kier molecular flexibility index (Phi) is 3.42. The summed E-state index contributed by atoms with van der Waals surface area (Å²) in [6, 6.07) is 10.2. The molecule has 0 saturated carbocycles. The number of amides is 1. The maximum Gasteiger partial charge on any atom is 0.224 e. The van der Waals surface area contributed by atoms with E-state index in [0.29, 0.717) is 13.0 Å². The Balaban J connectivity index is 1.43. The molecule has 0 bridgehead atoms. The number of hydrogen-bond donors (Lipinski definition) is 0. The fraction of sp³-hybridized carbons (Fsp3) is 0.294. The first-order valence-corrected chi connectivity index (χ1v) is 8.42. The van der Waals surface area contributed by atoms with Crippen LogP contribution in [0.25, 0.3) is 11.0 Å². The van der Waals surface area contributed by atoms with E-state index < -0.39 is 0 Å². The Morgan fingerprint density at radius 3 is 3.14 bits per heavy atom. The van der Waals surface area contributed by atoms with Crippen molar-refractivity contribution < 1.29 is 4.79 Å². The zero-order valence-corrected chi connectivity index (χ0v) is 13.1. The number of thiophene rings is 1. The summed E-state index contributed by atoms with van der Waals surface area (Å²) < 4.78 is 2.06. The molecule has 0 N–H and O–H groups in total. The van der Waals surface area contributed by atoms with Gasteiger partial charge >= 0.3 is 0 Å². The van der Waals surface area contributed by atoms with E-state index in [-0.39, 0.29) is 5.91 Å². The van der Waals surface area contributed by atoms with Crippen molar-refractivity contribution in [3.8, 4) is 0 Å². The second-order valence-corrected chi connectivity index (χ2v) is 6.61. The largest absolute Gasteiger partial charge is 0.338 e. The van der Waals surface area contributed by atoms with Gasteiger partial charge in [0.15, 0.2) is 0 Å². The lowest BCUT2D eigenvalue weighted by atomic mass is 10.1. The average Bonchev–Trinajstić information content (AvgIpc) is 3.18. The molecule has 1 aliphatic heterocycles. The molecule has 112 valence electrons. The minimum Gasteiger partial charge on any atom is -0.338 e. The zero-order chi connectivity index (χ0) is 14.9. The summed E-state index contributed by atoms with van der Waals surface area (Å²) >= 11 is 1.80. The molecular weight excluding hydrogens is 294 g/mol. The minimum atomic E-state index is 0.231. The summed E-state index contributed by atoms with van der Waals surface area (Å²) in [5.41, 5.74) is 3.39. The van der Waals surface area contributed by atoms with E-state index in [0.717, 1.165) is 30.5 Å². The van der Waals surface area contributed by atoms with Crippen molar-refractivity contribution in [3.05, 3.63) is 52.5 Å². The summed E-state index contributed by atoms with van der Waals surface area (Å²) in [4.78, 5) is 20.2. The molecule has 0 saturated heterocycles. The number of rotatable bonds is 3. The zero-order valence-electron chi connectivity index (χ0n) is 12.2. The van der Waals surface area contributed by atoms with Gasteiger partial charge in [-0.15, -0.1) is 11.3 Å². The number of imidazole rings is 1. The van der Waals surface area contributed by atoms with Crippen molar-refractivity contribution in [2.24, 2.45) is 0 Å². The van der Waals surface area contributed by atoms with Gasteiger partial charge in [0, 0.05) is 30.9 Å². The number of para-hydroxylation sites is 2. The molecule has 3 aromatic rings. The number of carbonyl (C=O) groups is 1. The van der Waals surface area contributed by atoms with Gasteiger partial charge < -0.3 is 9.47 Å². The van der Waals surface area contributed by atoms with Gasteiger partial charge in [0.2, 0.25) is 5.91 Å². The smallest absolute Gasteiger partial charge is 0.224 e. The van der Waals surface area contributed by atoms with Gasteiger partial charge in [-0.3, -0.25) is 4.79 Å². The van der Waals surface area contributed by atoms with E-state index in [2.05, 4.69) is 21.0 Å². The van der Waals surface area contributed by atoms with Gasteiger partial charge in [0.25, 0.3) is 0 Å². The topological polar surface area (TPSA) is 38.1 Å². The standard InChI is InChI=1S/C17H17N3OS/c21-17(19-8-5-16-13(11-19)7-10-22-16)6-9-20-12-18-14-3-1-2-4-15(14)20/h1-4,7,10,12H,5-6,8-9,11H2. The molecule has 1 amide bonds. The maximum atomic E-state index is 12.5. The van der Waals surface area contributed by atoms with Crippen molar-refractivity contribution in [2.75, 3.05) is 6.54 Å². The van der Waals surface area contributed by atoms with E-state index in [4.69, 9.17) is 0 Å². The third kappa shape index (κ3) is 2.41. The Morgan fingerprint density at radius 2 is 2.18 bits per heavy atom. The number of nitrogens with zero attached hydrogens (tertiary/aromatic N) is 3. The lowest BCUT2D eigenvalue weighted by Crippen LogP contribution is -2.35. The lowest BCUT2D eigenvalue weighted by Gasteiger charge is -2.27. The predicted molar refractivity (Wildman–Crippen MR) is 87.8 cm³/mol. The number of carbonyl (C=O) groups excluding carboxylic acids is 1. The summed E-state index contributed by atoms with van der Waals surface area (Å²) in [6.45, 7) is 2.30. The fourth-order valence-corrected chi connectivity index (χ4v) is 3.91. The molecule has 22 heavy (non-hydrogen) atoms. The molecule has 0 fully saturated rings. The van der Waals surface area contributed by atoms with Gasteiger partial charge in [-0.2, -0.15) is 0 Å². The highest BCUT2D eigenvalue weighted by Gasteiger charge is 2.21. The van der Waals surface area contributed by atoms with E-state index in [9.17, 15) is 4.79 Å². The van der Waals surface area contributed by atoms with Crippen LogP contribution in [0.2, 0.25) is 0 Å². The first kappa shape index (κ1) is 13.5. The summed E-state index contributed by atoms with van der Waals surface area (Å²) in [7, 11) is 0. The van der Waals surface area contributed by atoms with Crippen LogP contribution >= 0.6 is 11.3 Å². The number of benzene rings is 1. The molecule has 4 rings (SSSR count). The first-order valence-electron chi connectivity index (χ1n) is 7.54. The fourth-order valence-electron chi connectivity index (χ4n) is 3.02. The van der Waals surface area contributed by atoms with E-state index >= 15 is 0 Å². The number of aryl methyl sites for hydroxylation is 1. The van der Waals surface area contributed by atoms with Gasteiger partial charge in [-0.25, -0.2) is 4.98 Å². The number of fused-ring (bicyclic) bond motifs is 2. The second kappa shape index (κ2) is 5.57. The molecule has 4 nitrogen and oxygen atoms in total. The molecule has 0 atom stereocenters. The van der Waals surface area contributed by atoms with Crippen LogP contribution in [0.4, 0.5) is 0 Å². The minimum absolute atomic E-state index is 0.231. The SMILES string of the molecule is O=C(CCn1cnc2ccccc21)N1CCc2sccc2C1. The van der Waals surface area contributed by atoms with Crippen LogP contribution in [-0.4, -0.2) is 26.9 Å². The Labute approximate surface area is 133 Å². The molecule has 0 unspecified atom stereocenters. The quantitative estimate of drug-likeness (QED) is 0.745. The number of hydrogen-bond acceptors (Lipinski definition) is 3. The van der Waals surface area contributed by atoms with E-state index in [1.165, 1.54) is 10.4 Å². The van der Waals surface area contributed by atoms with Crippen LogP contribution in [0, 0.1) is 0 Å². The highest BCUT2D eigenvalue weighted by Crippen LogP contribution is 2.24. The summed E-state index contributed by atoms with van der Waals surface area (Å²) in [5.74, 6) is 0.231. The van der Waals surface area contributed by atoms with E-state index in [1.54, 1.807) is 11.3 Å². The van der Waals surface area contributed by atoms with Crippen molar-refractivity contribution >= 4 is 28.3 Å². The van der Waals surface area contributed by atoms with Crippen molar-refractivity contribution in [2.45, 2.75) is 25.9 Å². The molecule has 0 radical (unpaired) electrons. The van der Waals surface area contributed by atoms with Crippen LogP contribution in [0.15, 0.2) is 42.0 Å². The lowest BCUT2D eigenvalue weighted by molar-refractivity contribution is -0.132. The molecule has 0 spiro atoms. The van der Waals surface area contributed by atoms with Gasteiger partial charge in [0.05, 0.1) is 17.4 Å². The van der Waals surface area contributed by atoms with Crippen molar-refractivity contribution in [3.63, 3.8) is 0 Å². The molecular formula is C17H17N3OS. The highest BCUT2D eigenvalue weighted by molar-refractivity contribution is 7.10. The van der Waals surface area contributed by atoms with Crippen molar-refractivity contribution in [1.82, 2.24) is 14.5 Å².